The zero-order valence-electron chi connectivity index (χ0n) is 15.5. The van der Waals surface area contributed by atoms with Crippen molar-refractivity contribution in [3.05, 3.63) is 54.1 Å². The third-order valence-electron chi connectivity index (χ3n) is 4.77. The van der Waals surface area contributed by atoms with Crippen LogP contribution in [0.5, 0.6) is 5.75 Å². The van der Waals surface area contributed by atoms with E-state index in [2.05, 4.69) is 4.72 Å². The predicted molar refractivity (Wildman–Crippen MR) is 105 cm³/mol. The summed E-state index contributed by atoms with van der Waals surface area (Å²) in [4.78, 5) is 13.8. The molecular weight excluding hydrogens is 364 g/mol. The van der Waals surface area contributed by atoms with Crippen molar-refractivity contribution in [2.75, 3.05) is 25.1 Å². The predicted octanol–water partition coefficient (Wildman–Crippen LogP) is 2.90. The van der Waals surface area contributed by atoms with Gasteiger partial charge in [0, 0.05) is 19.5 Å². The summed E-state index contributed by atoms with van der Waals surface area (Å²) in [6, 6.07) is 14.4. The SMILES string of the molecule is COc1ccc(S(=O)(=O)NCC(C)c2ccccc2)cc1N1CCCC1=O. The van der Waals surface area contributed by atoms with E-state index in [4.69, 9.17) is 4.74 Å². The van der Waals surface area contributed by atoms with E-state index in [1.807, 2.05) is 37.3 Å². The Morgan fingerprint density at radius 2 is 1.93 bits per heavy atom. The molecule has 144 valence electrons. The van der Waals surface area contributed by atoms with Crippen molar-refractivity contribution in [1.29, 1.82) is 0 Å². The molecule has 2 aromatic carbocycles. The van der Waals surface area contributed by atoms with E-state index in [1.54, 1.807) is 11.0 Å². The molecule has 1 aliphatic heterocycles. The van der Waals surface area contributed by atoms with E-state index in [-0.39, 0.29) is 23.3 Å². The topological polar surface area (TPSA) is 75.7 Å². The minimum Gasteiger partial charge on any atom is -0.495 e. The van der Waals surface area contributed by atoms with Crippen LogP contribution in [0.25, 0.3) is 0 Å². The molecule has 0 spiro atoms. The Labute approximate surface area is 160 Å². The lowest BCUT2D eigenvalue weighted by Crippen LogP contribution is -2.28. The van der Waals surface area contributed by atoms with Crippen LogP contribution in [0.1, 0.15) is 31.2 Å². The van der Waals surface area contributed by atoms with Gasteiger partial charge >= 0.3 is 0 Å². The van der Waals surface area contributed by atoms with E-state index in [9.17, 15) is 13.2 Å². The molecule has 1 amide bonds. The van der Waals surface area contributed by atoms with Gasteiger partial charge in [0.15, 0.2) is 0 Å². The number of methoxy groups -OCH3 is 1. The number of sulfonamides is 1. The number of benzene rings is 2. The standard InChI is InChI=1S/C20H24N2O4S/c1-15(16-7-4-3-5-8-16)14-21-27(24,25)17-10-11-19(26-2)18(13-17)22-12-6-9-20(22)23/h3-5,7-8,10-11,13,15,21H,6,9,12,14H2,1-2H3. The lowest BCUT2D eigenvalue weighted by Gasteiger charge is -2.20. The lowest BCUT2D eigenvalue weighted by atomic mass is 10.0. The van der Waals surface area contributed by atoms with Crippen molar-refractivity contribution in [1.82, 2.24) is 4.72 Å². The molecular formula is C20H24N2O4S. The van der Waals surface area contributed by atoms with Gasteiger partial charge in [-0.2, -0.15) is 0 Å². The van der Waals surface area contributed by atoms with Gasteiger partial charge in [-0.1, -0.05) is 37.3 Å². The molecule has 1 heterocycles. The number of carbonyl (C=O) groups is 1. The molecule has 2 aromatic rings. The Morgan fingerprint density at radius 1 is 1.19 bits per heavy atom. The van der Waals surface area contributed by atoms with Crippen molar-refractivity contribution >= 4 is 21.6 Å². The third kappa shape index (κ3) is 4.31. The van der Waals surface area contributed by atoms with Crippen LogP contribution in [0.4, 0.5) is 5.69 Å². The summed E-state index contributed by atoms with van der Waals surface area (Å²) in [5.41, 5.74) is 1.57. The van der Waals surface area contributed by atoms with E-state index < -0.39 is 10.0 Å². The second-order valence-electron chi connectivity index (χ2n) is 6.65. The van der Waals surface area contributed by atoms with Crippen LogP contribution in [0.15, 0.2) is 53.4 Å². The molecule has 0 aliphatic carbocycles. The molecule has 1 saturated heterocycles. The number of anilines is 1. The number of carbonyl (C=O) groups excluding carboxylic acids is 1. The third-order valence-corrected chi connectivity index (χ3v) is 6.19. The van der Waals surface area contributed by atoms with Crippen LogP contribution in [0.3, 0.4) is 0 Å². The quantitative estimate of drug-likeness (QED) is 0.791. The van der Waals surface area contributed by atoms with Crippen LogP contribution in [-0.2, 0) is 14.8 Å². The first-order valence-electron chi connectivity index (χ1n) is 8.95. The molecule has 0 saturated carbocycles. The lowest BCUT2D eigenvalue weighted by molar-refractivity contribution is -0.117. The summed E-state index contributed by atoms with van der Waals surface area (Å²) < 4.78 is 33.5. The maximum atomic E-state index is 12.8. The largest absolute Gasteiger partial charge is 0.495 e. The minimum absolute atomic E-state index is 0.0199. The molecule has 3 rings (SSSR count). The molecule has 1 N–H and O–H groups in total. The first kappa shape index (κ1) is 19.4. The van der Waals surface area contributed by atoms with Gasteiger partial charge in [-0.05, 0) is 36.1 Å². The van der Waals surface area contributed by atoms with Crippen LogP contribution >= 0.6 is 0 Å². The highest BCUT2D eigenvalue weighted by Crippen LogP contribution is 2.33. The molecule has 1 fully saturated rings. The average Bonchev–Trinajstić information content (AvgIpc) is 3.12. The molecule has 0 radical (unpaired) electrons. The first-order chi connectivity index (χ1) is 12.9. The highest BCUT2D eigenvalue weighted by Gasteiger charge is 2.26. The number of rotatable bonds is 7. The summed E-state index contributed by atoms with van der Waals surface area (Å²) in [6.45, 7) is 2.83. The maximum Gasteiger partial charge on any atom is 0.240 e. The summed E-state index contributed by atoms with van der Waals surface area (Å²) in [7, 11) is -2.19. The normalized spacial score (nSPS) is 15.8. The fourth-order valence-electron chi connectivity index (χ4n) is 3.17. The fraction of sp³-hybridized carbons (Fsp3) is 0.350. The molecule has 1 atom stereocenters. The number of amides is 1. The number of hydrogen-bond donors (Lipinski definition) is 1. The van der Waals surface area contributed by atoms with Crippen LogP contribution in [0.2, 0.25) is 0 Å². The van der Waals surface area contributed by atoms with Gasteiger partial charge in [0.2, 0.25) is 15.9 Å². The molecule has 1 unspecified atom stereocenters. The van der Waals surface area contributed by atoms with E-state index in [1.165, 1.54) is 19.2 Å². The van der Waals surface area contributed by atoms with Crippen molar-refractivity contribution < 1.29 is 17.9 Å². The van der Waals surface area contributed by atoms with Gasteiger partial charge in [0.1, 0.15) is 5.75 Å². The van der Waals surface area contributed by atoms with Gasteiger partial charge in [0.25, 0.3) is 0 Å². The van der Waals surface area contributed by atoms with Crippen LogP contribution in [-0.4, -0.2) is 34.5 Å². The van der Waals surface area contributed by atoms with Crippen molar-refractivity contribution in [3.8, 4) is 5.75 Å². The molecule has 0 aromatic heterocycles. The molecule has 1 aliphatic rings. The number of ether oxygens (including phenoxy) is 1. The summed E-state index contributed by atoms with van der Waals surface area (Å²) in [5.74, 6) is 0.509. The van der Waals surface area contributed by atoms with Crippen molar-refractivity contribution in [2.24, 2.45) is 0 Å². The number of nitrogens with one attached hydrogen (secondary N) is 1. The second-order valence-corrected chi connectivity index (χ2v) is 8.41. The van der Waals surface area contributed by atoms with Gasteiger partial charge in [-0.25, -0.2) is 13.1 Å². The fourth-order valence-corrected chi connectivity index (χ4v) is 4.32. The summed E-state index contributed by atoms with van der Waals surface area (Å²) in [6.07, 6.45) is 1.22. The smallest absolute Gasteiger partial charge is 0.240 e. The van der Waals surface area contributed by atoms with Gasteiger partial charge in [-0.3, -0.25) is 4.79 Å². The highest BCUT2D eigenvalue weighted by atomic mass is 32.2. The van der Waals surface area contributed by atoms with Gasteiger partial charge in [0.05, 0.1) is 17.7 Å². The summed E-state index contributed by atoms with van der Waals surface area (Å²) in [5, 5.41) is 0. The van der Waals surface area contributed by atoms with Gasteiger partial charge < -0.3 is 9.64 Å². The van der Waals surface area contributed by atoms with Crippen LogP contribution < -0.4 is 14.4 Å². The Balaban J connectivity index is 1.81. The zero-order valence-corrected chi connectivity index (χ0v) is 16.3. The molecule has 7 heteroatoms. The number of nitrogens with zero attached hydrogens (tertiary/aromatic N) is 1. The Kier molecular flexibility index (Phi) is 5.82. The monoisotopic (exact) mass is 388 g/mol. The van der Waals surface area contributed by atoms with E-state index >= 15 is 0 Å². The number of hydrogen-bond acceptors (Lipinski definition) is 4. The van der Waals surface area contributed by atoms with Crippen LogP contribution in [0, 0.1) is 0 Å². The minimum atomic E-state index is -3.70. The molecule has 27 heavy (non-hydrogen) atoms. The average molecular weight is 388 g/mol. The maximum absolute atomic E-state index is 12.8. The molecule has 0 bridgehead atoms. The van der Waals surface area contributed by atoms with Crippen molar-refractivity contribution in [3.63, 3.8) is 0 Å². The zero-order chi connectivity index (χ0) is 19.4. The first-order valence-corrected chi connectivity index (χ1v) is 10.4. The highest BCUT2D eigenvalue weighted by molar-refractivity contribution is 7.89. The van der Waals surface area contributed by atoms with E-state index in [0.717, 1.165) is 12.0 Å². The Bertz CT molecular complexity index is 913. The molecule has 6 nitrogen and oxygen atoms in total. The summed E-state index contributed by atoms with van der Waals surface area (Å²) >= 11 is 0. The Morgan fingerprint density at radius 3 is 2.56 bits per heavy atom. The van der Waals surface area contributed by atoms with E-state index in [0.29, 0.717) is 24.4 Å². The Hall–Kier alpha value is -2.38. The van der Waals surface area contributed by atoms with Gasteiger partial charge in [-0.15, -0.1) is 0 Å². The van der Waals surface area contributed by atoms with Crippen molar-refractivity contribution in [2.45, 2.75) is 30.6 Å². The second kappa shape index (κ2) is 8.10.